The van der Waals surface area contributed by atoms with Crippen LogP contribution in [0.25, 0.3) is 11.3 Å². The van der Waals surface area contributed by atoms with E-state index in [2.05, 4.69) is 25.5 Å². The number of aromatic hydroxyl groups is 1. The molecule has 4 heterocycles. The first-order chi connectivity index (χ1) is 18.6. The highest BCUT2D eigenvalue weighted by Gasteiger charge is 2.54. The molecule has 39 heavy (non-hydrogen) atoms. The minimum Gasteiger partial charge on any atom is -0.507 e. The molecule has 10 heteroatoms. The first-order valence-electron chi connectivity index (χ1n) is 13.4. The number of nitrogens with zero attached hydrogens (tertiary/aromatic N) is 4. The van der Waals surface area contributed by atoms with Crippen LogP contribution in [0.4, 0.5) is 4.39 Å². The Morgan fingerprint density at radius 1 is 1.28 bits per heavy atom. The molecule has 1 aromatic carbocycles. The van der Waals surface area contributed by atoms with E-state index in [1.165, 1.54) is 24.3 Å². The zero-order valence-corrected chi connectivity index (χ0v) is 22.9. The summed E-state index contributed by atoms with van der Waals surface area (Å²) < 4.78 is 21.4. The molecular formula is C29H32ClFN4O4. The van der Waals surface area contributed by atoms with Crippen LogP contribution in [0.2, 0.25) is 5.02 Å². The molecule has 6 rings (SSSR count). The lowest BCUT2D eigenvalue weighted by molar-refractivity contribution is -0.128. The van der Waals surface area contributed by atoms with Crippen LogP contribution in [-0.4, -0.2) is 89.0 Å². The van der Waals surface area contributed by atoms with E-state index in [4.69, 9.17) is 21.3 Å². The van der Waals surface area contributed by atoms with Crippen LogP contribution in [0.5, 0.6) is 11.5 Å². The fourth-order valence-electron chi connectivity index (χ4n) is 7.31. The Hall–Kier alpha value is -3.17. The number of carbonyl (C=O) groups is 2. The molecule has 3 aliphatic heterocycles. The highest BCUT2D eigenvalue weighted by Crippen LogP contribution is 2.58. The van der Waals surface area contributed by atoms with Crippen molar-refractivity contribution in [2.75, 3.05) is 46.4 Å². The summed E-state index contributed by atoms with van der Waals surface area (Å²) in [5.74, 6) is -0.876. The number of phenolic OH excluding ortho intramolecular Hbond substituents is 1. The van der Waals surface area contributed by atoms with E-state index in [0.29, 0.717) is 36.8 Å². The van der Waals surface area contributed by atoms with Gasteiger partial charge in [0, 0.05) is 38.6 Å². The average Bonchev–Trinajstić information content (AvgIpc) is 3.31. The predicted molar refractivity (Wildman–Crippen MR) is 144 cm³/mol. The Kier molecular flexibility index (Phi) is 6.34. The number of hydrogen-bond donors (Lipinski definition) is 1. The summed E-state index contributed by atoms with van der Waals surface area (Å²) in [5.41, 5.74) is 0.666. The number of rotatable bonds is 3. The van der Waals surface area contributed by atoms with Crippen molar-refractivity contribution >= 4 is 23.4 Å². The topological polar surface area (TPSA) is 86.2 Å². The summed E-state index contributed by atoms with van der Waals surface area (Å²) >= 11 is 6.87. The predicted octanol–water partition coefficient (Wildman–Crippen LogP) is 3.92. The van der Waals surface area contributed by atoms with Crippen LogP contribution in [-0.2, 0) is 4.79 Å². The average molecular weight is 555 g/mol. The molecule has 2 aromatic rings. The number of benzene rings is 1. The third-order valence-corrected chi connectivity index (χ3v) is 9.57. The molecule has 2 amide bonds. The molecule has 0 spiro atoms. The normalized spacial score (nSPS) is 28.4. The van der Waals surface area contributed by atoms with Crippen molar-refractivity contribution in [1.82, 2.24) is 19.7 Å². The Labute approximate surface area is 232 Å². The largest absolute Gasteiger partial charge is 0.507 e. The number of fused-ring (bicyclic) bond motifs is 3. The van der Waals surface area contributed by atoms with Crippen LogP contribution in [0, 0.1) is 17.2 Å². The van der Waals surface area contributed by atoms with Crippen molar-refractivity contribution < 1.29 is 23.8 Å². The van der Waals surface area contributed by atoms with Gasteiger partial charge in [0.1, 0.15) is 28.8 Å². The van der Waals surface area contributed by atoms with E-state index in [9.17, 15) is 14.7 Å². The lowest BCUT2D eigenvalue weighted by Crippen LogP contribution is -2.57. The lowest BCUT2D eigenvalue weighted by atomic mass is 9.73. The van der Waals surface area contributed by atoms with Crippen molar-refractivity contribution in [3.05, 3.63) is 53.0 Å². The van der Waals surface area contributed by atoms with Gasteiger partial charge in [0.15, 0.2) is 5.75 Å². The molecule has 0 radical (unpaired) electrons. The van der Waals surface area contributed by atoms with Gasteiger partial charge in [0.05, 0.1) is 23.0 Å². The summed E-state index contributed by atoms with van der Waals surface area (Å²) in [6, 6.07) is 3.66. The van der Waals surface area contributed by atoms with E-state index in [-0.39, 0.29) is 63.6 Å². The zero-order chi connectivity index (χ0) is 27.6. The van der Waals surface area contributed by atoms with Gasteiger partial charge in [-0.1, -0.05) is 31.2 Å². The van der Waals surface area contributed by atoms with Crippen LogP contribution in [0.1, 0.15) is 41.7 Å². The minimum absolute atomic E-state index is 0.00962. The molecule has 0 bridgehead atoms. The van der Waals surface area contributed by atoms with Gasteiger partial charge >= 0.3 is 0 Å². The molecule has 8 nitrogen and oxygen atoms in total. The smallest absolute Gasteiger partial charge is 0.260 e. The molecule has 4 atom stereocenters. The summed E-state index contributed by atoms with van der Waals surface area (Å²) in [5, 5.41) is 10.6. The van der Waals surface area contributed by atoms with E-state index >= 15 is 4.39 Å². The summed E-state index contributed by atoms with van der Waals surface area (Å²) in [4.78, 5) is 37.2. The maximum absolute atomic E-state index is 15.1. The first-order valence-corrected chi connectivity index (χ1v) is 13.8. The molecule has 3 fully saturated rings. The molecule has 1 aliphatic carbocycles. The number of amides is 2. The molecular weight excluding hydrogens is 523 g/mol. The quantitative estimate of drug-likeness (QED) is 0.579. The van der Waals surface area contributed by atoms with Gasteiger partial charge in [-0.15, -0.1) is 0 Å². The van der Waals surface area contributed by atoms with Gasteiger partial charge in [-0.25, -0.2) is 9.37 Å². The third-order valence-electron chi connectivity index (χ3n) is 9.22. The van der Waals surface area contributed by atoms with Crippen LogP contribution in [0.3, 0.4) is 0 Å². The third kappa shape index (κ3) is 4.00. The second-order valence-electron chi connectivity index (χ2n) is 11.5. The number of piperazine rings is 1. The number of phenols is 1. The number of ether oxygens (including phenoxy) is 1. The molecule has 1 saturated carbocycles. The molecule has 2 saturated heterocycles. The van der Waals surface area contributed by atoms with Crippen LogP contribution >= 0.6 is 11.6 Å². The fourth-order valence-corrected chi connectivity index (χ4v) is 7.59. The van der Waals surface area contributed by atoms with Gasteiger partial charge in [-0.05, 0) is 49.4 Å². The van der Waals surface area contributed by atoms with Crippen molar-refractivity contribution in [3.8, 4) is 22.8 Å². The SMILES string of the molecule is C=CC(=O)N1CCN2C(=O)c3c(C4CCC5CN(C)CC54C)nc(-c4c(O)cccc4F)c(Cl)c3OCC2C1. The summed E-state index contributed by atoms with van der Waals surface area (Å²) in [7, 11) is 2.10. The molecule has 206 valence electrons. The molecule has 1 aromatic heterocycles. The minimum atomic E-state index is -0.664. The fraction of sp³-hybridized carbons (Fsp3) is 0.483. The zero-order valence-electron chi connectivity index (χ0n) is 22.1. The highest BCUT2D eigenvalue weighted by atomic mass is 35.5. The van der Waals surface area contributed by atoms with Crippen LogP contribution in [0.15, 0.2) is 30.9 Å². The van der Waals surface area contributed by atoms with Gasteiger partial charge in [0.25, 0.3) is 5.91 Å². The maximum atomic E-state index is 15.1. The van der Waals surface area contributed by atoms with Gasteiger partial charge in [0.2, 0.25) is 5.91 Å². The Morgan fingerprint density at radius 2 is 2.08 bits per heavy atom. The molecule has 4 aliphatic rings. The number of halogens is 2. The van der Waals surface area contributed by atoms with Gasteiger partial charge < -0.3 is 24.5 Å². The Balaban J connectivity index is 1.53. The standard InChI is InChI=1S/C29H32ClFN4O4/c1-4-21(37)34-10-11-35-17(13-34)14-39-27-23(28(35)38)25(18-9-8-16-12-33(3)15-29(16,18)2)32-26(24(27)30)22-19(31)6-5-7-20(22)36/h4-7,16-18,36H,1,8-15H2,2-3H3. The number of carbonyl (C=O) groups excluding carboxylic acids is 2. The lowest BCUT2D eigenvalue weighted by Gasteiger charge is -2.39. The Morgan fingerprint density at radius 3 is 2.82 bits per heavy atom. The summed E-state index contributed by atoms with van der Waals surface area (Å²) in [6.07, 6.45) is 3.09. The first kappa shape index (κ1) is 26.1. The number of pyridine rings is 1. The number of aromatic nitrogens is 1. The van der Waals surface area contributed by atoms with Crippen molar-refractivity contribution in [2.45, 2.75) is 31.7 Å². The van der Waals surface area contributed by atoms with Crippen molar-refractivity contribution in [1.29, 1.82) is 0 Å². The second kappa shape index (κ2) is 9.48. The monoisotopic (exact) mass is 554 g/mol. The van der Waals surface area contributed by atoms with Crippen molar-refractivity contribution in [3.63, 3.8) is 0 Å². The summed E-state index contributed by atoms with van der Waals surface area (Å²) in [6.45, 7) is 8.78. The van der Waals surface area contributed by atoms with Crippen molar-refractivity contribution in [2.24, 2.45) is 11.3 Å². The van der Waals surface area contributed by atoms with Gasteiger partial charge in [-0.3, -0.25) is 9.59 Å². The van der Waals surface area contributed by atoms with E-state index in [1.54, 1.807) is 9.80 Å². The van der Waals surface area contributed by atoms with Gasteiger partial charge in [-0.2, -0.15) is 0 Å². The Bertz CT molecular complexity index is 1370. The number of likely N-dealkylation sites (tertiary alicyclic amines) is 1. The highest BCUT2D eigenvalue weighted by molar-refractivity contribution is 6.35. The van der Waals surface area contributed by atoms with E-state index in [1.807, 2.05) is 0 Å². The maximum Gasteiger partial charge on any atom is 0.260 e. The molecule has 4 unspecified atom stereocenters. The van der Waals surface area contributed by atoms with Crippen LogP contribution < -0.4 is 4.74 Å². The van der Waals surface area contributed by atoms with E-state index < -0.39 is 5.82 Å². The molecule has 1 N–H and O–H groups in total. The van der Waals surface area contributed by atoms with E-state index in [0.717, 1.165) is 25.9 Å². The number of hydrogen-bond acceptors (Lipinski definition) is 6. The second-order valence-corrected chi connectivity index (χ2v) is 11.9.